The molecule has 0 spiro atoms. The Hall–Kier alpha value is -2.37. The van der Waals surface area contributed by atoms with Crippen LogP contribution in [0.5, 0.6) is 11.5 Å². The molecule has 0 fully saturated rings. The van der Waals surface area contributed by atoms with E-state index >= 15 is 0 Å². The van der Waals surface area contributed by atoms with Crippen LogP contribution in [-0.2, 0) is 13.7 Å². The van der Waals surface area contributed by atoms with Crippen LogP contribution >= 0.6 is 0 Å². The molecule has 0 radical (unpaired) electrons. The highest BCUT2D eigenvalue weighted by Crippen LogP contribution is 2.23. The van der Waals surface area contributed by atoms with Gasteiger partial charge in [-0.1, -0.05) is 5.21 Å². The molecule has 0 aliphatic heterocycles. The van der Waals surface area contributed by atoms with Crippen molar-refractivity contribution in [1.29, 1.82) is 0 Å². The molecule has 1 aromatic carbocycles. The van der Waals surface area contributed by atoms with Gasteiger partial charge in [0, 0.05) is 7.05 Å². The Morgan fingerprint density at radius 3 is 2.89 bits per heavy atom. The van der Waals surface area contributed by atoms with Crippen molar-refractivity contribution in [3.05, 3.63) is 35.7 Å². The van der Waals surface area contributed by atoms with Crippen LogP contribution in [0.4, 0.5) is 0 Å². The Morgan fingerprint density at radius 2 is 2.28 bits per heavy atom. The molecule has 0 atom stereocenters. The number of carbonyl (C=O) groups is 1. The lowest BCUT2D eigenvalue weighted by Crippen LogP contribution is -1.99. The van der Waals surface area contributed by atoms with E-state index in [1.165, 1.54) is 0 Å². The highest BCUT2D eigenvalue weighted by molar-refractivity contribution is 5.80. The first-order chi connectivity index (χ1) is 8.72. The lowest BCUT2D eigenvalue weighted by Gasteiger charge is -2.08. The fourth-order valence-corrected chi connectivity index (χ4v) is 1.49. The van der Waals surface area contributed by atoms with Crippen LogP contribution in [0.15, 0.2) is 24.4 Å². The molecule has 0 bridgehead atoms. The van der Waals surface area contributed by atoms with Gasteiger partial charge in [-0.2, -0.15) is 0 Å². The third-order valence-corrected chi connectivity index (χ3v) is 2.37. The Bertz CT molecular complexity index is 551. The average Bonchev–Trinajstić information content (AvgIpc) is 2.82. The summed E-state index contributed by atoms with van der Waals surface area (Å²) in [6, 6.07) is 5.05. The first kappa shape index (κ1) is 12.1. The van der Waals surface area contributed by atoms with Crippen LogP contribution in [0.25, 0.3) is 0 Å². The van der Waals surface area contributed by atoms with Crippen LogP contribution in [-0.4, -0.2) is 28.4 Å². The maximum Gasteiger partial charge on any atom is 0.153 e. The second-order valence-electron chi connectivity index (χ2n) is 3.69. The summed E-state index contributed by atoms with van der Waals surface area (Å²) in [5, 5.41) is 7.69. The summed E-state index contributed by atoms with van der Waals surface area (Å²) in [5.41, 5.74) is 1.14. The van der Waals surface area contributed by atoms with Gasteiger partial charge >= 0.3 is 0 Å². The molecule has 94 valence electrons. The number of hydrogen-bond donors (Lipinski definition) is 0. The van der Waals surface area contributed by atoms with Crippen molar-refractivity contribution in [1.82, 2.24) is 15.0 Å². The summed E-state index contributed by atoms with van der Waals surface area (Å²) in [4.78, 5) is 10.9. The quantitative estimate of drug-likeness (QED) is 0.743. The summed E-state index contributed by atoms with van der Waals surface area (Å²) < 4.78 is 12.2. The highest BCUT2D eigenvalue weighted by Gasteiger charge is 2.06. The van der Waals surface area contributed by atoms with E-state index < -0.39 is 0 Å². The van der Waals surface area contributed by atoms with Crippen molar-refractivity contribution in [3.63, 3.8) is 0 Å². The predicted octanol–water partition coefficient (Wildman–Crippen LogP) is 1.22. The van der Waals surface area contributed by atoms with Crippen LogP contribution in [0.1, 0.15) is 16.1 Å². The van der Waals surface area contributed by atoms with Crippen LogP contribution < -0.4 is 9.47 Å². The van der Waals surface area contributed by atoms with Gasteiger partial charge < -0.3 is 9.47 Å². The van der Waals surface area contributed by atoms with Gasteiger partial charge in [-0.3, -0.25) is 9.48 Å². The minimum Gasteiger partial charge on any atom is -0.497 e. The zero-order valence-electron chi connectivity index (χ0n) is 10.2. The number of aryl methyl sites for hydroxylation is 1. The van der Waals surface area contributed by atoms with Gasteiger partial charge in [0.1, 0.15) is 23.8 Å². The van der Waals surface area contributed by atoms with E-state index in [4.69, 9.17) is 9.47 Å². The number of nitrogens with zero attached hydrogens (tertiary/aromatic N) is 3. The first-order valence-electron chi connectivity index (χ1n) is 5.34. The number of ether oxygens (including phenoxy) is 2. The summed E-state index contributed by atoms with van der Waals surface area (Å²) in [6.07, 6.45) is 2.48. The molecule has 0 saturated carbocycles. The number of methoxy groups -OCH3 is 1. The van der Waals surface area contributed by atoms with Crippen LogP contribution in [0.3, 0.4) is 0 Å². The monoisotopic (exact) mass is 247 g/mol. The minimum absolute atomic E-state index is 0.265. The molecular weight excluding hydrogens is 234 g/mol. The van der Waals surface area contributed by atoms with E-state index in [-0.39, 0.29) is 6.61 Å². The van der Waals surface area contributed by atoms with Crippen molar-refractivity contribution in [2.24, 2.45) is 7.05 Å². The van der Waals surface area contributed by atoms with E-state index in [1.54, 1.807) is 43.2 Å². The number of hydrogen-bond acceptors (Lipinski definition) is 5. The summed E-state index contributed by atoms with van der Waals surface area (Å²) in [5.74, 6) is 1.11. The second kappa shape index (κ2) is 5.31. The molecule has 0 unspecified atom stereocenters. The normalized spacial score (nSPS) is 10.1. The molecule has 2 aromatic rings. The third kappa shape index (κ3) is 2.65. The van der Waals surface area contributed by atoms with E-state index in [9.17, 15) is 4.79 Å². The zero-order valence-corrected chi connectivity index (χ0v) is 10.2. The van der Waals surface area contributed by atoms with Crippen molar-refractivity contribution in [2.75, 3.05) is 7.11 Å². The number of aldehydes is 1. The second-order valence-corrected chi connectivity index (χ2v) is 3.69. The van der Waals surface area contributed by atoms with E-state index in [2.05, 4.69) is 10.3 Å². The Kier molecular flexibility index (Phi) is 3.57. The highest BCUT2D eigenvalue weighted by atomic mass is 16.5. The molecular formula is C12H13N3O3. The molecule has 0 aliphatic rings. The van der Waals surface area contributed by atoms with Crippen molar-refractivity contribution >= 4 is 6.29 Å². The van der Waals surface area contributed by atoms with E-state index in [1.807, 2.05) is 0 Å². The molecule has 0 saturated heterocycles. The summed E-state index contributed by atoms with van der Waals surface area (Å²) >= 11 is 0. The van der Waals surface area contributed by atoms with E-state index in [0.717, 1.165) is 6.29 Å². The molecule has 1 heterocycles. The number of carbonyl (C=O) groups excluding carboxylic acids is 1. The van der Waals surface area contributed by atoms with Crippen molar-refractivity contribution in [3.8, 4) is 11.5 Å². The molecule has 18 heavy (non-hydrogen) atoms. The molecule has 2 rings (SSSR count). The predicted molar refractivity (Wildman–Crippen MR) is 63.7 cm³/mol. The number of benzene rings is 1. The topological polar surface area (TPSA) is 66.2 Å². The molecule has 1 aromatic heterocycles. The standard InChI is InChI=1S/C12H13N3O3/c1-15-6-10(13-14-15)8-18-12-4-3-11(17-2)5-9(12)7-16/h3-7H,8H2,1-2H3. The van der Waals surface area contributed by atoms with Crippen molar-refractivity contribution in [2.45, 2.75) is 6.61 Å². The maximum atomic E-state index is 10.9. The average molecular weight is 247 g/mol. The Balaban J connectivity index is 2.11. The van der Waals surface area contributed by atoms with Crippen molar-refractivity contribution < 1.29 is 14.3 Å². The SMILES string of the molecule is COc1ccc(OCc2cn(C)nn2)c(C=O)c1. The zero-order chi connectivity index (χ0) is 13.0. The Morgan fingerprint density at radius 1 is 1.44 bits per heavy atom. The van der Waals surface area contributed by atoms with Gasteiger partial charge in [0.05, 0.1) is 18.9 Å². The van der Waals surface area contributed by atoms with Crippen LogP contribution in [0, 0.1) is 0 Å². The maximum absolute atomic E-state index is 10.9. The molecule has 6 nitrogen and oxygen atoms in total. The van der Waals surface area contributed by atoms with Gasteiger partial charge in [-0.05, 0) is 18.2 Å². The summed E-state index contributed by atoms with van der Waals surface area (Å²) in [6.45, 7) is 0.265. The lowest BCUT2D eigenvalue weighted by molar-refractivity contribution is 0.111. The summed E-state index contributed by atoms with van der Waals surface area (Å²) in [7, 11) is 3.32. The molecule has 0 aliphatic carbocycles. The lowest BCUT2D eigenvalue weighted by atomic mass is 10.2. The fourth-order valence-electron chi connectivity index (χ4n) is 1.49. The fraction of sp³-hybridized carbons (Fsp3) is 0.250. The largest absolute Gasteiger partial charge is 0.497 e. The van der Waals surface area contributed by atoms with E-state index in [0.29, 0.717) is 22.8 Å². The number of rotatable bonds is 5. The molecule has 0 N–H and O–H groups in total. The van der Waals surface area contributed by atoms with Gasteiger partial charge in [-0.25, -0.2) is 0 Å². The van der Waals surface area contributed by atoms with Gasteiger partial charge in [-0.15, -0.1) is 5.10 Å². The third-order valence-electron chi connectivity index (χ3n) is 2.37. The minimum atomic E-state index is 0.265. The van der Waals surface area contributed by atoms with Crippen LogP contribution in [0.2, 0.25) is 0 Å². The smallest absolute Gasteiger partial charge is 0.153 e. The van der Waals surface area contributed by atoms with Gasteiger partial charge in [0.25, 0.3) is 0 Å². The first-order valence-corrected chi connectivity index (χ1v) is 5.34. The van der Waals surface area contributed by atoms with Gasteiger partial charge in [0.2, 0.25) is 0 Å². The molecule has 6 heteroatoms. The Labute approximate surface area is 104 Å². The molecule has 0 amide bonds. The van der Waals surface area contributed by atoms with Gasteiger partial charge in [0.15, 0.2) is 6.29 Å². The number of aromatic nitrogens is 3.